The van der Waals surface area contributed by atoms with Crippen molar-refractivity contribution < 1.29 is 22.6 Å². The van der Waals surface area contributed by atoms with Crippen LogP contribution in [-0.4, -0.2) is 19.2 Å². The molecule has 2 rings (SSSR count). The van der Waals surface area contributed by atoms with E-state index in [-0.39, 0.29) is 32.4 Å². The van der Waals surface area contributed by atoms with Crippen LogP contribution in [0.3, 0.4) is 0 Å². The molecular formula is C12H8Cl2F3NO2. The lowest BCUT2D eigenvalue weighted by atomic mass is 10.1. The number of fused-ring (bicyclic) bond motifs is 1. The summed E-state index contributed by atoms with van der Waals surface area (Å²) in [5.41, 5.74) is -1.17. The normalized spacial score (nSPS) is 11.8. The number of ether oxygens (including phenoxy) is 2. The van der Waals surface area contributed by atoms with Gasteiger partial charge in [-0.05, 0) is 6.07 Å². The molecule has 108 valence electrons. The third-order valence-corrected chi connectivity index (χ3v) is 3.20. The monoisotopic (exact) mass is 325 g/mol. The third-order valence-electron chi connectivity index (χ3n) is 2.62. The molecule has 0 aliphatic rings. The van der Waals surface area contributed by atoms with Crippen LogP contribution in [0.2, 0.25) is 10.0 Å². The summed E-state index contributed by atoms with van der Waals surface area (Å²) in [7, 11) is 2.63. The van der Waals surface area contributed by atoms with E-state index in [4.69, 9.17) is 32.7 Å². The van der Waals surface area contributed by atoms with Crippen LogP contribution in [0.15, 0.2) is 12.1 Å². The van der Waals surface area contributed by atoms with Gasteiger partial charge in [0.2, 0.25) is 0 Å². The summed E-state index contributed by atoms with van der Waals surface area (Å²) >= 11 is 11.9. The minimum absolute atomic E-state index is 0.0615. The van der Waals surface area contributed by atoms with E-state index in [0.717, 1.165) is 6.07 Å². The van der Waals surface area contributed by atoms with Gasteiger partial charge in [-0.2, -0.15) is 13.2 Å². The number of alkyl halides is 3. The van der Waals surface area contributed by atoms with Crippen molar-refractivity contribution in [3.63, 3.8) is 0 Å². The zero-order chi connectivity index (χ0) is 15.1. The molecule has 0 amide bonds. The van der Waals surface area contributed by atoms with Gasteiger partial charge in [-0.3, -0.25) is 0 Å². The van der Waals surface area contributed by atoms with Gasteiger partial charge in [0.05, 0.1) is 29.7 Å². The van der Waals surface area contributed by atoms with Crippen molar-refractivity contribution >= 4 is 34.1 Å². The number of aromatic nitrogens is 1. The second-order valence-electron chi connectivity index (χ2n) is 3.80. The van der Waals surface area contributed by atoms with E-state index in [1.807, 2.05) is 0 Å². The van der Waals surface area contributed by atoms with E-state index in [2.05, 4.69) is 4.98 Å². The highest BCUT2D eigenvalue weighted by molar-refractivity contribution is 6.38. The van der Waals surface area contributed by atoms with Crippen LogP contribution in [0.25, 0.3) is 10.9 Å². The molecule has 0 bridgehead atoms. The van der Waals surface area contributed by atoms with Crippen LogP contribution < -0.4 is 9.47 Å². The highest BCUT2D eigenvalue weighted by Crippen LogP contribution is 2.43. The fraction of sp³-hybridized carbons (Fsp3) is 0.250. The van der Waals surface area contributed by atoms with Crippen molar-refractivity contribution in [2.45, 2.75) is 6.18 Å². The zero-order valence-corrected chi connectivity index (χ0v) is 11.8. The molecule has 3 nitrogen and oxygen atoms in total. The first-order chi connectivity index (χ1) is 9.29. The standard InChI is InChI=1S/C12H8Cl2F3NO2/c1-19-7-3-6(14)11(20-2)9-5(13)4-8(12(15,16)17)18-10(7)9/h3-4H,1-2H3. The van der Waals surface area contributed by atoms with Gasteiger partial charge < -0.3 is 9.47 Å². The van der Waals surface area contributed by atoms with Crippen LogP contribution >= 0.6 is 23.2 Å². The van der Waals surface area contributed by atoms with Crippen molar-refractivity contribution in [3.05, 3.63) is 27.9 Å². The number of nitrogens with zero attached hydrogens (tertiary/aromatic N) is 1. The average molecular weight is 326 g/mol. The number of pyridine rings is 1. The largest absolute Gasteiger partial charge is 0.494 e. The van der Waals surface area contributed by atoms with Crippen molar-refractivity contribution in [2.24, 2.45) is 0 Å². The molecule has 0 spiro atoms. The van der Waals surface area contributed by atoms with E-state index in [1.165, 1.54) is 20.3 Å². The summed E-state index contributed by atoms with van der Waals surface area (Å²) in [6, 6.07) is 2.05. The van der Waals surface area contributed by atoms with Gasteiger partial charge in [0, 0.05) is 6.07 Å². The van der Waals surface area contributed by atoms with Gasteiger partial charge in [-0.25, -0.2) is 4.98 Å². The summed E-state index contributed by atoms with van der Waals surface area (Å²) in [5.74, 6) is 0.229. The molecule has 1 heterocycles. The predicted molar refractivity (Wildman–Crippen MR) is 69.9 cm³/mol. The Morgan fingerprint density at radius 1 is 1.05 bits per heavy atom. The number of rotatable bonds is 2. The molecule has 0 unspecified atom stereocenters. The molecule has 0 atom stereocenters. The summed E-state index contributed by atoms with van der Waals surface area (Å²) in [5, 5.41) is 0.173. The van der Waals surface area contributed by atoms with Crippen molar-refractivity contribution in [1.29, 1.82) is 0 Å². The lowest BCUT2D eigenvalue weighted by Gasteiger charge is -2.14. The van der Waals surface area contributed by atoms with Gasteiger partial charge in [0.1, 0.15) is 22.7 Å². The Morgan fingerprint density at radius 2 is 1.70 bits per heavy atom. The summed E-state index contributed by atoms with van der Waals surface area (Å²) in [6.07, 6.45) is -4.62. The molecule has 0 fully saturated rings. The predicted octanol–water partition coefficient (Wildman–Crippen LogP) is 4.58. The molecule has 1 aromatic heterocycles. The van der Waals surface area contributed by atoms with Crippen molar-refractivity contribution in [2.75, 3.05) is 14.2 Å². The van der Waals surface area contributed by atoms with Crippen LogP contribution in [0.1, 0.15) is 5.69 Å². The van der Waals surface area contributed by atoms with Gasteiger partial charge >= 0.3 is 6.18 Å². The second kappa shape index (κ2) is 5.18. The van der Waals surface area contributed by atoms with Crippen LogP contribution in [0.4, 0.5) is 13.2 Å². The third kappa shape index (κ3) is 2.45. The zero-order valence-electron chi connectivity index (χ0n) is 10.3. The number of methoxy groups -OCH3 is 2. The SMILES string of the molecule is COc1cc(Cl)c(OC)c2c(Cl)cc(C(F)(F)F)nc12. The van der Waals surface area contributed by atoms with Crippen LogP contribution in [0, 0.1) is 0 Å². The smallest absolute Gasteiger partial charge is 0.433 e. The Kier molecular flexibility index (Phi) is 3.88. The molecule has 0 saturated heterocycles. The van der Waals surface area contributed by atoms with Crippen LogP contribution in [-0.2, 0) is 6.18 Å². The van der Waals surface area contributed by atoms with E-state index >= 15 is 0 Å². The average Bonchev–Trinajstić information content (AvgIpc) is 2.37. The highest BCUT2D eigenvalue weighted by Gasteiger charge is 2.34. The lowest BCUT2D eigenvalue weighted by molar-refractivity contribution is -0.140. The Labute approximate surface area is 122 Å². The molecule has 2 aromatic rings. The fourth-order valence-electron chi connectivity index (χ4n) is 1.78. The first-order valence-electron chi connectivity index (χ1n) is 5.27. The Bertz CT molecular complexity index is 674. The molecule has 0 radical (unpaired) electrons. The topological polar surface area (TPSA) is 31.4 Å². The maximum absolute atomic E-state index is 12.8. The van der Waals surface area contributed by atoms with Gasteiger partial charge in [0.25, 0.3) is 0 Å². The van der Waals surface area contributed by atoms with Crippen molar-refractivity contribution in [3.8, 4) is 11.5 Å². The minimum Gasteiger partial charge on any atom is -0.494 e. The molecular weight excluding hydrogens is 318 g/mol. The number of hydrogen-bond donors (Lipinski definition) is 0. The molecule has 0 aliphatic carbocycles. The van der Waals surface area contributed by atoms with E-state index in [9.17, 15) is 13.2 Å². The molecule has 0 N–H and O–H groups in total. The fourth-order valence-corrected chi connectivity index (χ4v) is 2.33. The lowest BCUT2D eigenvalue weighted by Crippen LogP contribution is -2.08. The summed E-state index contributed by atoms with van der Waals surface area (Å²) in [4.78, 5) is 3.55. The Morgan fingerprint density at radius 3 is 2.20 bits per heavy atom. The maximum atomic E-state index is 12.8. The number of hydrogen-bond acceptors (Lipinski definition) is 3. The Balaban J connectivity index is 2.92. The van der Waals surface area contributed by atoms with E-state index < -0.39 is 11.9 Å². The first kappa shape index (κ1) is 15.0. The molecule has 0 aliphatic heterocycles. The molecule has 20 heavy (non-hydrogen) atoms. The molecule has 1 aromatic carbocycles. The maximum Gasteiger partial charge on any atom is 0.433 e. The summed E-state index contributed by atoms with van der Waals surface area (Å²) in [6.45, 7) is 0. The number of benzene rings is 1. The second-order valence-corrected chi connectivity index (χ2v) is 4.62. The van der Waals surface area contributed by atoms with Gasteiger partial charge in [-0.15, -0.1) is 0 Å². The first-order valence-corrected chi connectivity index (χ1v) is 6.03. The minimum atomic E-state index is -4.62. The summed E-state index contributed by atoms with van der Waals surface area (Å²) < 4.78 is 48.4. The molecule has 0 saturated carbocycles. The molecule has 8 heteroatoms. The highest BCUT2D eigenvalue weighted by atomic mass is 35.5. The van der Waals surface area contributed by atoms with E-state index in [1.54, 1.807) is 0 Å². The van der Waals surface area contributed by atoms with Crippen molar-refractivity contribution in [1.82, 2.24) is 4.98 Å². The van der Waals surface area contributed by atoms with Gasteiger partial charge in [-0.1, -0.05) is 23.2 Å². The van der Waals surface area contributed by atoms with E-state index in [0.29, 0.717) is 0 Å². The Hall–Kier alpha value is -1.40. The number of halogens is 5. The van der Waals surface area contributed by atoms with Gasteiger partial charge in [0.15, 0.2) is 0 Å². The van der Waals surface area contributed by atoms with Crippen LogP contribution in [0.5, 0.6) is 11.5 Å². The quantitative estimate of drug-likeness (QED) is 0.810.